The molecule has 96 valence electrons. The number of aromatic nitrogens is 1. The van der Waals surface area contributed by atoms with E-state index < -0.39 is 0 Å². The zero-order valence-electron chi connectivity index (χ0n) is 10.4. The van der Waals surface area contributed by atoms with Crippen LogP contribution in [-0.4, -0.2) is 31.2 Å². The van der Waals surface area contributed by atoms with Gasteiger partial charge in [-0.1, -0.05) is 15.9 Å². The molecular weight excluding hydrogens is 304 g/mol. The van der Waals surface area contributed by atoms with Crippen LogP contribution < -0.4 is 10.2 Å². The van der Waals surface area contributed by atoms with Crippen molar-refractivity contribution in [3.63, 3.8) is 0 Å². The number of nitriles is 1. The lowest BCUT2D eigenvalue weighted by Gasteiger charge is -2.29. The summed E-state index contributed by atoms with van der Waals surface area (Å²) in [7, 11) is 0. The van der Waals surface area contributed by atoms with Crippen LogP contribution in [0.25, 0.3) is 10.9 Å². The van der Waals surface area contributed by atoms with Crippen molar-refractivity contribution in [3.8, 4) is 6.07 Å². The van der Waals surface area contributed by atoms with E-state index >= 15 is 0 Å². The minimum absolute atomic E-state index is 0.646. The van der Waals surface area contributed by atoms with E-state index in [1.165, 1.54) is 0 Å². The van der Waals surface area contributed by atoms with Crippen molar-refractivity contribution in [1.82, 2.24) is 10.3 Å². The van der Waals surface area contributed by atoms with Gasteiger partial charge < -0.3 is 10.2 Å². The Morgan fingerprint density at radius 1 is 1.26 bits per heavy atom. The Bertz CT molecular complexity index is 656. The maximum atomic E-state index is 9.33. The van der Waals surface area contributed by atoms with Crippen molar-refractivity contribution in [1.29, 1.82) is 5.26 Å². The fourth-order valence-electron chi connectivity index (χ4n) is 2.34. The van der Waals surface area contributed by atoms with E-state index in [1.807, 2.05) is 24.3 Å². The highest BCUT2D eigenvalue weighted by Gasteiger charge is 2.16. The molecule has 1 N–H and O–H groups in total. The van der Waals surface area contributed by atoms with Crippen molar-refractivity contribution in [2.45, 2.75) is 0 Å². The van der Waals surface area contributed by atoms with Gasteiger partial charge in [0.1, 0.15) is 11.9 Å². The monoisotopic (exact) mass is 316 g/mol. The molecule has 1 aliphatic heterocycles. The second kappa shape index (κ2) is 5.16. The van der Waals surface area contributed by atoms with Gasteiger partial charge in [-0.3, -0.25) is 0 Å². The van der Waals surface area contributed by atoms with Gasteiger partial charge in [0, 0.05) is 36.0 Å². The quantitative estimate of drug-likeness (QED) is 0.877. The Kier molecular flexibility index (Phi) is 3.36. The summed E-state index contributed by atoms with van der Waals surface area (Å²) >= 11 is 3.44. The molecular formula is C14H13BrN4. The van der Waals surface area contributed by atoms with E-state index in [2.05, 4.69) is 37.2 Å². The van der Waals surface area contributed by atoms with Crippen molar-refractivity contribution >= 4 is 32.7 Å². The zero-order valence-corrected chi connectivity index (χ0v) is 11.9. The Labute approximate surface area is 120 Å². The van der Waals surface area contributed by atoms with Gasteiger partial charge >= 0.3 is 0 Å². The maximum Gasteiger partial charge on any atom is 0.147 e. The summed E-state index contributed by atoms with van der Waals surface area (Å²) in [6.07, 6.45) is 0. The lowest BCUT2D eigenvalue weighted by Crippen LogP contribution is -2.44. The number of anilines is 1. The highest BCUT2D eigenvalue weighted by Crippen LogP contribution is 2.25. The minimum Gasteiger partial charge on any atom is -0.353 e. The summed E-state index contributed by atoms with van der Waals surface area (Å²) in [5.41, 5.74) is 1.57. The number of pyridine rings is 1. The highest BCUT2D eigenvalue weighted by atomic mass is 79.9. The van der Waals surface area contributed by atoms with Gasteiger partial charge in [0.05, 0.1) is 11.1 Å². The number of nitrogens with zero attached hydrogens (tertiary/aromatic N) is 3. The molecule has 1 aliphatic rings. The molecule has 0 unspecified atom stereocenters. The van der Waals surface area contributed by atoms with Crippen LogP contribution in [0.4, 0.5) is 5.82 Å². The molecule has 0 bridgehead atoms. The van der Waals surface area contributed by atoms with Crippen LogP contribution in [0.15, 0.2) is 28.7 Å². The lowest BCUT2D eigenvalue weighted by atomic mass is 10.1. The predicted octanol–water partition coefficient (Wildman–Crippen LogP) is 2.28. The molecule has 5 heteroatoms. The first-order chi connectivity index (χ1) is 9.28. The Hall–Kier alpha value is -1.64. The summed E-state index contributed by atoms with van der Waals surface area (Å²) in [5.74, 6) is 0.804. The summed E-state index contributed by atoms with van der Waals surface area (Å²) < 4.78 is 1.00. The third kappa shape index (κ3) is 2.42. The minimum atomic E-state index is 0.646. The second-order valence-corrected chi connectivity index (χ2v) is 5.46. The van der Waals surface area contributed by atoms with Crippen LogP contribution in [0.5, 0.6) is 0 Å². The fraction of sp³-hybridized carbons (Fsp3) is 0.286. The number of hydrogen-bond acceptors (Lipinski definition) is 4. The van der Waals surface area contributed by atoms with Crippen LogP contribution in [-0.2, 0) is 0 Å². The smallest absolute Gasteiger partial charge is 0.147 e. The van der Waals surface area contributed by atoms with Crippen molar-refractivity contribution < 1.29 is 0 Å². The van der Waals surface area contributed by atoms with Crippen molar-refractivity contribution in [3.05, 3.63) is 34.3 Å². The average Bonchev–Trinajstić information content (AvgIpc) is 2.46. The predicted molar refractivity (Wildman–Crippen MR) is 79.2 cm³/mol. The summed E-state index contributed by atoms with van der Waals surface area (Å²) in [5, 5.41) is 13.6. The molecule has 0 saturated carbocycles. The molecule has 19 heavy (non-hydrogen) atoms. The van der Waals surface area contributed by atoms with Gasteiger partial charge in [-0.25, -0.2) is 4.98 Å². The fourth-order valence-corrected chi connectivity index (χ4v) is 2.72. The van der Waals surface area contributed by atoms with E-state index in [4.69, 9.17) is 0 Å². The van der Waals surface area contributed by atoms with Crippen LogP contribution in [0.2, 0.25) is 0 Å². The van der Waals surface area contributed by atoms with Crippen LogP contribution in [0.1, 0.15) is 5.56 Å². The molecule has 4 nitrogen and oxygen atoms in total. The lowest BCUT2D eigenvalue weighted by molar-refractivity contribution is 0.585. The van der Waals surface area contributed by atoms with E-state index in [0.717, 1.165) is 47.4 Å². The van der Waals surface area contributed by atoms with Crippen LogP contribution in [0, 0.1) is 11.3 Å². The van der Waals surface area contributed by atoms with Crippen LogP contribution >= 0.6 is 15.9 Å². The first-order valence-electron chi connectivity index (χ1n) is 6.24. The number of benzene rings is 1. The SMILES string of the molecule is N#Cc1cc2cc(Br)ccc2nc1N1CCNCC1. The van der Waals surface area contributed by atoms with E-state index in [1.54, 1.807) is 0 Å². The van der Waals surface area contributed by atoms with Crippen LogP contribution in [0.3, 0.4) is 0 Å². The molecule has 0 aliphatic carbocycles. The first kappa shape index (κ1) is 12.4. The molecule has 0 spiro atoms. The largest absolute Gasteiger partial charge is 0.353 e. The molecule has 2 aromatic rings. The molecule has 1 fully saturated rings. The standard InChI is InChI=1S/C14H13BrN4/c15-12-1-2-13-10(8-12)7-11(9-16)14(18-13)19-5-3-17-4-6-19/h1-2,7-8,17H,3-6H2. The molecule has 0 radical (unpaired) electrons. The van der Waals surface area contributed by atoms with E-state index in [-0.39, 0.29) is 0 Å². The highest BCUT2D eigenvalue weighted by molar-refractivity contribution is 9.10. The zero-order chi connectivity index (χ0) is 13.2. The van der Waals surface area contributed by atoms with Crippen molar-refractivity contribution in [2.24, 2.45) is 0 Å². The second-order valence-electron chi connectivity index (χ2n) is 4.55. The number of hydrogen-bond donors (Lipinski definition) is 1. The van der Waals surface area contributed by atoms with Gasteiger partial charge in [0.15, 0.2) is 0 Å². The van der Waals surface area contributed by atoms with Crippen molar-refractivity contribution in [2.75, 3.05) is 31.1 Å². The molecule has 0 atom stereocenters. The van der Waals surface area contributed by atoms with Gasteiger partial charge in [0.25, 0.3) is 0 Å². The first-order valence-corrected chi connectivity index (χ1v) is 7.03. The molecule has 3 rings (SSSR count). The van der Waals surface area contributed by atoms with E-state index in [0.29, 0.717) is 5.56 Å². The molecule has 0 amide bonds. The topological polar surface area (TPSA) is 52.0 Å². The van der Waals surface area contributed by atoms with Gasteiger partial charge in [-0.2, -0.15) is 5.26 Å². The van der Waals surface area contributed by atoms with Gasteiger partial charge in [-0.15, -0.1) is 0 Å². The molecule has 2 heterocycles. The van der Waals surface area contributed by atoms with Gasteiger partial charge in [-0.05, 0) is 24.3 Å². The third-order valence-corrected chi connectivity index (χ3v) is 3.79. The third-order valence-electron chi connectivity index (χ3n) is 3.29. The Morgan fingerprint density at radius 2 is 2.05 bits per heavy atom. The number of nitrogens with one attached hydrogen (secondary N) is 1. The number of piperazine rings is 1. The number of halogens is 1. The Balaban J connectivity index is 2.12. The molecule has 1 aromatic carbocycles. The normalized spacial score (nSPS) is 15.5. The Morgan fingerprint density at radius 3 is 2.79 bits per heavy atom. The van der Waals surface area contributed by atoms with Gasteiger partial charge in [0.2, 0.25) is 0 Å². The summed E-state index contributed by atoms with van der Waals surface area (Å²) in [6.45, 7) is 3.66. The molecule has 1 aromatic heterocycles. The molecule has 1 saturated heterocycles. The maximum absolute atomic E-state index is 9.33. The average molecular weight is 317 g/mol. The number of fused-ring (bicyclic) bond motifs is 1. The number of rotatable bonds is 1. The summed E-state index contributed by atoms with van der Waals surface area (Å²) in [4.78, 5) is 6.84. The summed E-state index contributed by atoms with van der Waals surface area (Å²) in [6, 6.07) is 10.1. The van der Waals surface area contributed by atoms with E-state index in [9.17, 15) is 5.26 Å².